The van der Waals surface area contributed by atoms with Crippen molar-refractivity contribution in [1.82, 2.24) is 4.90 Å². The maximum absolute atomic E-state index is 12.4. The lowest BCUT2D eigenvalue weighted by Crippen LogP contribution is -2.46. The van der Waals surface area contributed by atoms with Crippen LogP contribution in [0.25, 0.3) is 0 Å². The van der Waals surface area contributed by atoms with Crippen LogP contribution in [0.3, 0.4) is 0 Å². The van der Waals surface area contributed by atoms with Gasteiger partial charge in [0.05, 0.1) is 6.04 Å². The van der Waals surface area contributed by atoms with E-state index in [1.54, 1.807) is 4.90 Å². The summed E-state index contributed by atoms with van der Waals surface area (Å²) < 4.78 is 11.9. The summed E-state index contributed by atoms with van der Waals surface area (Å²) in [5, 5.41) is 0.0609. The second kappa shape index (κ2) is 7.12. The Kier molecular flexibility index (Phi) is 6.13. The molecule has 0 unspecified atom stereocenters. The number of allylic oxidation sites excluding steroid dienone is 3. The van der Waals surface area contributed by atoms with E-state index in [-0.39, 0.29) is 17.2 Å². The van der Waals surface area contributed by atoms with E-state index in [9.17, 15) is 4.79 Å². The van der Waals surface area contributed by atoms with Gasteiger partial charge in [-0.25, -0.2) is 9.69 Å². The summed E-state index contributed by atoms with van der Waals surface area (Å²) in [6, 6.07) is 0.0162. The van der Waals surface area contributed by atoms with Crippen LogP contribution in [0.5, 0.6) is 0 Å². The summed E-state index contributed by atoms with van der Waals surface area (Å²) in [5.74, 6) is 0.966. The molecule has 0 radical (unpaired) electrons. The summed E-state index contributed by atoms with van der Waals surface area (Å²) in [4.78, 5) is 14.1. The second-order valence-electron chi connectivity index (χ2n) is 8.11. The molecular weight excluding hydrogens is 306 g/mol. The lowest BCUT2D eigenvalue weighted by molar-refractivity contribution is 0.146. The van der Waals surface area contributed by atoms with Crippen LogP contribution in [0.1, 0.15) is 48.5 Å². The van der Waals surface area contributed by atoms with E-state index in [1.165, 1.54) is 0 Å². The topological polar surface area (TPSA) is 38.8 Å². The highest BCUT2D eigenvalue weighted by molar-refractivity contribution is 6.74. The molecule has 132 valence electrons. The van der Waals surface area contributed by atoms with Crippen LogP contribution in [0.4, 0.5) is 4.79 Å². The van der Waals surface area contributed by atoms with Crippen LogP contribution in [0.2, 0.25) is 18.1 Å². The molecule has 4 nitrogen and oxygen atoms in total. The quantitative estimate of drug-likeness (QED) is 0.388. The molecule has 0 aromatic heterocycles. The largest absolute Gasteiger partial charge is 0.531 e. The highest BCUT2D eigenvalue weighted by Gasteiger charge is 2.44. The molecule has 0 saturated carbocycles. The third-order valence-corrected chi connectivity index (χ3v) is 9.12. The summed E-state index contributed by atoms with van der Waals surface area (Å²) in [5.41, 5.74) is 0.960. The maximum atomic E-state index is 12.4. The van der Waals surface area contributed by atoms with Gasteiger partial charge in [0.15, 0.2) is 5.88 Å². The Morgan fingerprint density at radius 2 is 1.96 bits per heavy atom. The number of amides is 1. The zero-order chi connectivity index (χ0) is 18.0. The van der Waals surface area contributed by atoms with Gasteiger partial charge in [-0.3, -0.25) is 0 Å². The van der Waals surface area contributed by atoms with E-state index < -0.39 is 8.32 Å². The van der Waals surface area contributed by atoms with Crippen molar-refractivity contribution in [2.24, 2.45) is 5.92 Å². The first kappa shape index (κ1) is 19.8. The summed E-state index contributed by atoms with van der Waals surface area (Å²) in [6.07, 6.45) is 3.66. The van der Waals surface area contributed by atoms with Gasteiger partial charge >= 0.3 is 6.09 Å². The van der Waals surface area contributed by atoms with E-state index in [1.807, 2.05) is 26.0 Å². The minimum Gasteiger partial charge on any atom is -0.531 e. The van der Waals surface area contributed by atoms with Crippen LogP contribution in [0, 0.1) is 5.92 Å². The molecule has 1 heterocycles. The van der Waals surface area contributed by atoms with E-state index in [0.717, 1.165) is 5.57 Å². The van der Waals surface area contributed by atoms with Gasteiger partial charge in [0, 0.05) is 5.57 Å². The SMILES string of the molecule is C/C=C/C(C)=C(\O[Si](C)(C)C(C)(C)C)N1C(=O)OC[C@H]1C(C)C. The van der Waals surface area contributed by atoms with Crippen molar-refractivity contribution in [3.63, 3.8) is 0 Å². The Bertz CT molecular complexity index is 501. The normalized spacial score (nSPS) is 21.0. The van der Waals surface area contributed by atoms with Gasteiger partial charge < -0.3 is 9.16 Å². The summed E-state index contributed by atoms with van der Waals surface area (Å²) in [6.45, 7) is 19.6. The predicted molar refractivity (Wildman–Crippen MR) is 97.6 cm³/mol. The fourth-order valence-corrected chi connectivity index (χ4v) is 3.24. The first-order chi connectivity index (χ1) is 10.4. The molecule has 23 heavy (non-hydrogen) atoms. The van der Waals surface area contributed by atoms with Crippen LogP contribution in [-0.2, 0) is 9.16 Å². The summed E-state index contributed by atoms with van der Waals surface area (Å²) in [7, 11) is -2.06. The lowest BCUT2D eigenvalue weighted by Gasteiger charge is -2.40. The standard InChI is InChI=1S/C18H33NO3Si/c1-10-11-14(4)16(22-23(8,9)18(5,6)7)19-15(13(2)3)12-21-17(19)20/h10-11,13,15H,12H2,1-9H3/b11-10+,16-14-/t15-/m0/s1. The van der Waals surface area contributed by atoms with Gasteiger partial charge in [-0.05, 0) is 37.9 Å². The number of ether oxygens (including phenoxy) is 1. The average molecular weight is 340 g/mol. The third kappa shape index (κ3) is 4.40. The lowest BCUT2D eigenvalue weighted by atomic mass is 10.0. The molecule has 1 rings (SSSR count). The van der Waals surface area contributed by atoms with Gasteiger partial charge in [-0.1, -0.05) is 46.8 Å². The monoisotopic (exact) mass is 339 g/mol. The van der Waals surface area contributed by atoms with Crippen molar-refractivity contribution in [1.29, 1.82) is 0 Å². The Morgan fingerprint density at radius 3 is 2.39 bits per heavy atom. The number of nitrogens with zero attached hydrogens (tertiary/aromatic N) is 1. The number of hydrogen-bond acceptors (Lipinski definition) is 3. The molecule has 1 aliphatic rings. The first-order valence-electron chi connectivity index (χ1n) is 8.41. The number of cyclic esters (lactones) is 1. The minimum atomic E-state index is -2.06. The second-order valence-corrected chi connectivity index (χ2v) is 12.8. The smallest absolute Gasteiger partial charge is 0.417 e. The zero-order valence-electron chi connectivity index (χ0n) is 16.2. The van der Waals surface area contributed by atoms with Gasteiger partial charge in [0.25, 0.3) is 8.32 Å². The molecule has 0 N–H and O–H groups in total. The fraction of sp³-hybridized carbons (Fsp3) is 0.722. The van der Waals surface area contributed by atoms with Crippen molar-refractivity contribution in [2.75, 3.05) is 6.61 Å². The number of rotatable bonds is 5. The fourth-order valence-electron chi connectivity index (χ4n) is 2.20. The maximum Gasteiger partial charge on any atom is 0.417 e. The molecule has 0 spiro atoms. The highest BCUT2D eigenvalue weighted by Crippen LogP contribution is 2.40. The van der Waals surface area contributed by atoms with Crippen LogP contribution < -0.4 is 0 Å². The van der Waals surface area contributed by atoms with Crippen molar-refractivity contribution in [3.05, 3.63) is 23.6 Å². The molecular formula is C18H33NO3Si. The Hall–Kier alpha value is -1.23. The van der Waals surface area contributed by atoms with E-state index in [2.05, 4.69) is 47.7 Å². The number of hydrogen-bond donors (Lipinski definition) is 0. The van der Waals surface area contributed by atoms with E-state index in [4.69, 9.17) is 9.16 Å². The van der Waals surface area contributed by atoms with Gasteiger partial charge in [0.1, 0.15) is 6.61 Å². The minimum absolute atomic E-state index is 0.0162. The number of carbonyl (C=O) groups excluding carboxylic acids is 1. The van der Waals surface area contributed by atoms with Gasteiger partial charge in [0.2, 0.25) is 0 Å². The predicted octanol–water partition coefficient (Wildman–Crippen LogP) is 5.29. The molecule has 1 amide bonds. The van der Waals surface area contributed by atoms with Crippen LogP contribution in [-0.4, -0.2) is 32.0 Å². The molecule has 1 atom stereocenters. The molecule has 1 aliphatic heterocycles. The molecule has 0 bridgehead atoms. The van der Waals surface area contributed by atoms with Crippen molar-refractivity contribution in [2.45, 2.75) is 72.6 Å². The van der Waals surface area contributed by atoms with Crippen LogP contribution >= 0.6 is 0 Å². The van der Waals surface area contributed by atoms with E-state index >= 15 is 0 Å². The number of carbonyl (C=O) groups is 1. The molecule has 0 aromatic carbocycles. The molecule has 1 fully saturated rings. The average Bonchev–Trinajstić information content (AvgIpc) is 2.77. The van der Waals surface area contributed by atoms with Crippen LogP contribution in [0.15, 0.2) is 23.6 Å². The van der Waals surface area contributed by atoms with Crippen molar-refractivity contribution < 1.29 is 14.0 Å². The van der Waals surface area contributed by atoms with Crippen molar-refractivity contribution >= 4 is 14.4 Å². The molecule has 0 aromatic rings. The Balaban J connectivity index is 3.33. The van der Waals surface area contributed by atoms with E-state index in [0.29, 0.717) is 18.4 Å². The Morgan fingerprint density at radius 1 is 1.39 bits per heavy atom. The molecule has 0 aliphatic carbocycles. The summed E-state index contributed by atoms with van der Waals surface area (Å²) >= 11 is 0. The van der Waals surface area contributed by atoms with Gasteiger partial charge in [-0.2, -0.15) is 0 Å². The Labute approximate surface area is 142 Å². The van der Waals surface area contributed by atoms with Gasteiger partial charge in [-0.15, -0.1) is 0 Å². The highest BCUT2D eigenvalue weighted by atomic mass is 28.4. The first-order valence-corrected chi connectivity index (χ1v) is 11.3. The zero-order valence-corrected chi connectivity index (χ0v) is 17.2. The van der Waals surface area contributed by atoms with Crippen molar-refractivity contribution in [3.8, 4) is 0 Å². The molecule has 5 heteroatoms. The molecule has 1 saturated heterocycles. The third-order valence-electron chi connectivity index (χ3n) is 4.81.